The molecule has 0 atom stereocenters. The minimum atomic E-state index is -0.158. The lowest BCUT2D eigenvalue weighted by molar-refractivity contribution is 1.35. The van der Waals surface area contributed by atoms with E-state index in [4.69, 9.17) is 0 Å². The van der Waals surface area contributed by atoms with Crippen molar-refractivity contribution in [3.63, 3.8) is 0 Å². The van der Waals surface area contributed by atoms with E-state index >= 15 is 0 Å². The van der Waals surface area contributed by atoms with Crippen LogP contribution in [0.15, 0.2) is 24.3 Å². The topological polar surface area (TPSA) is 0 Å². The van der Waals surface area contributed by atoms with Gasteiger partial charge in [0.1, 0.15) is 0 Å². The van der Waals surface area contributed by atoms with Gasteiger partial charge < -0.3 is 0 Å². The van der Waals surface area contributed by atoms with Gasteiger partial charge in [0, 0.05) is 8.41 Å². The first kappa shape index (κ1) is 7.67. The highest BCUT2D eigenvalue weighted by Gasteiger charge is 1.99. The molecule has 0 spiro atoms. The molecule has 0 saturated heterocycles. The van der Waals surface area contributed by atoms with Gasteiger partial charge in [-0.15, -0.1) is 0 Å². The molecule has 0 aromatic carbocycles. The molecule has 10 heavy (non-hydrogen) atoms. The summed E-state index contributed by atoms with van der Waals surface area (Å²) >= 11 is 0. The first-order chi connectivity index (χ1) is 4.88. The third kappa shape index (κ3) is 1.54. The van der Waals surface area contributed by atoms with Gasteiger partial charge in [-0.25, -0.2) is 0 Å². The minimum absolute atomic E-state index is 0.158. The van der Waals surface area contributed by atoms with Crippen LogP contribution in [-0.4, -0.2) is 13.6 Å². The monoisotopic (exact) mass is 150 g/mol. The summed E-state index contributed by atoms with van der Waals surface area (Å²) in [7, 11) is -0.158. The zero-order valence-corrected chi connectivity index (χ0v) is 7.72. The predicted octanol–water partition coefficient (Wildman–Crippen LogP) is 2.40. The number of hydrogen-bond donors (Lipinski definition) is 0. The molecule has 1 rings (SSSR count). The number of hydrogen-bond acceptors (Lipinski definition) is 0. The van der Waals surface area contributed by atoms with Crippen molar-refractivity contribution in [2.24, 2.45) is 0 Å². The van der Waals surface area contributed by atoms with E-state index in [-0.39, 0.29) is 8.41 Å². The predicted molar refractivity (Wildman–Crippen MR) is 50.0 cm³/mol. The maximum atomic E-state index is 2.30. The van der Waals surface area contributed by atoms with E-state index in [1.807, 2.05) is 0 Å². The summed E-state index contributed by atoms with van der Waals surface area (Å²) in [6.07, 6.45) is 8.82. The molecule has 0 bridgehead atoms. The van der Waals surface area contributed by atoms with Gasteiger partial charge in [0.2, 0.25) is 0 Å². The third-order valence-electron chi connectivity index (χ3n) is 1.92. The summed E-state index contributed by atoms with van der Waals surface area (Å²) in [6, 6.07) is 2.73. The van der Waals surface area contributed by atoms with Gasteiger partial charge in [-0.3, -0.25) is 0 Å². The smallest absolute Gasteiger partial charge is 0.0188 e. The molecule has 0 aromatic heterocycles. The molecule has 0 N–H and O–H groups in total. The molecule has 0 unspecified atom stereocenters. The van der Waals surface area contributed by atoms with Gasteiger partial charge in [-0.05, 0) is 17.3 Å². The van der Waals surface area contributed by atoms with Gasteiger partial charge in [0.25, 0.3) is 0 Å². The quantitative estimate of drug-likeness (QED) is 0.530. The Morgan fingerprint density at radius 3 is 2.00 bits per heavy atom. The fourth-order valence-corrected chi connectivity index (χ4v) is 3.25. The second-order valence-electron chi connectivity index (χ2n) is 2.48. The lowest BCUT2D eigenvalue weighted by Gasteiger charge is -1.99. The zero-order valence-electron chi connectivity index (χ0n) is 6.72. The molecule has 1 heteroatoms. The molecule has 1 aliphatic carbocycles. The summed E-state index contributed by atoms with van der Waals surface area (Å²) in [4.78, 5) is 0. The highest BCUT2D eigenvalue weighted by atomic mass is 28.2. The highest BCUT2D eigenvalue weighted by molar-refractivity contribution is 6.75. The van der Waals surface area contributed by atoms with Crippen LogP contribution >= 0.6 is 0 Å². The third-order valence-corrected chi connectivity index (χ3v) is 4.78. The van der Waals surface area contributed by atoms with Crippen molar-refractivity contribution in [3.8, 4) is 0 Å². The van der Waals surface area contributed by atoms with Gasteiger partial charge in [0.15, 0.2) is 0 Å². The van der Waals surface area contributed by atoms with Crippen LogP contribution in [0.25, 0.3) is 0 Å². The van der Waals surface area contributed by atoms with E-state index in [9.17, 15) is 0 Å². The van der Waals surface area contributed by atoms with Gasteiger partial charge in [-0.1, -0.05) is 38.2 Å². The Hall–Kier alpha value is -0.433. The van der Waals surface area contributed by atoms with E-state index in [0.717, 1.165) is 0 Å². The van der Waals surface area contributed by atoms with E-state index in [2.05, 4.69) is 38.2 Å². The summed E-state index contributed by atoms with van der Waals surface area (Å²) < 4.78 is 0. The van der Waals surface area contributed by atoms with E-state index < -0.39 is 0 Å². The summed E-state index contributed by atoms with van der Waals surface area (Å²) in [6.45, 7) is 4.59. The Kier molecular flexibility index (Phi) is 2.81. The molecule has 0 nitrogen and oxygen atoms in total. The SMILES string of the molecule is CC[Si](CC)=C1C=CC=C1. The maximum absolute atomic E-state index is 2.30. The van der Waals surface area contributed by atoms with Crippen molar-refractivity contribution in [2.75, 3.05) is 0 Å². The van der Waals surface area contributed by atoms with Gasteiger partial charge in [0.05, 0.1) is 0 Å². The van der Waals surface area contributed by atoms with Crippen LogP contribution in [0.3, 0.4) is 0 Å². The van der Waals surface area contributed by atoms with Crippen molar-refractivity contribution in [1.82, 2.24) is 0 Å². The van der Waals surface area contributed by atoms with Crippen molar-refractivity contribution in [2.45, 2.75) is 25.9 Å². The van der Waals surface area contributed by atoms with Crippen molar-refractivity contribution in [1.29, 1.82) is 0 Å². The van der Waals surface area contributed by atoms with Crippen molar-refractivity contribution < 1.29 is 0 Å². The van der Waals surface area contributed by atoms with Crippen LogP contribution in [0.2, 0.25) is 12.1 Å². The zero-order chi connectivity index (χ0) is 7.40. The Bertz CT molecular complexity index is 177. The fraction of sp³-hybridized carbons (Fsp3) is 0.444. The van der Waals surface area contributed by atoms with Gasteiger partial charge >= 0.3 is 0 Å². The summed E-state index contributed by atoms with van der Waals surface area (Å²) in [5.41, 5.74) is 0. The normalized spacial score (nSPS) is 14.8. The van der Waals surface area contributed by atoms with Crippen LogP contribution < -0.4 is 0 Å². The molecule has 0 saturated carbocycles. The molecule has 0 aliphatic heterocycles. The Labute approximate surface area is 64.5 Å². The Balaban J connectivity index is 2.81. The summed E-state index contributed by atoms with van der Waals surface area (Å²) in [5.74, 6) is 0. The standard InChI is InChI=1S/C9H14Si/c1-3-10(4-2)9-7-5-6-8-9/h5-8H,3-4H2,1-2H3. The maximum Gasteiger partial charge on any atom is 0.0188 e. The average molecular weight is 150 g/mol. The molecule has 0 aromatic rings. The second-order valence-corrected chi connectivity index (χ2v) is 5.68. The van der Waals surface area contributed by atoms with E-state index in [1.165, 1.54) is 12.1 Å². The lowest BCUT2D eigenvalue weighted by Crippen LogP contribution is -2.07. The van der Waals surface area contributed by atoms with Gasteiger partial charge in [-0.2, -0.15) is 0 Å². The molecular weight excluding hydrogens is 136 g/mol. The van der Waals surface area contributed by atoms with E-state index in [0.29, 0.717) is 0 Å². The largest absolute Gasteiger partial charge is 0.0648 e. The summed E-state index contributed by atoms with van der Waals surface area (Å²) in [5, 5.41) is 1.61. The van der Waals surface area contributed by atoms with Crippen LogP contribution in [0, 0.1) is 0 Å². The van der Waals surface area contributed by atoms with Crippen LogP contribution in [0.4, 0.5) is 0 Å². The van der Waals surface area contributed by atoms with Crippen LogP contribution in [0.5, 0.6) is 0 Å². The second kappa shape index (κ2) is 3.67. The molecule has 0 fully saturated rings. The molecule has 0 radical (unpaired) electrons. The number of rotatable bonds is 2. The van der Waals surface area contributed by atoms with Crippen molar-refractivity contribution >= 4 is 13.6 Å². The first-order valence-electron chi connectivity index (χ1n) is 3.95. The molecular formula is C9H14Si. The van der Waals surface area contributed by atoms with Crippen molar-refractivity contribution in [3.05, 3.63) is 24.3 Å². The molecule has 54 valence electrons. The average Bonchev–Trinajstić information content (AvgIpc) is 2.43. The molecule has 1 aliphatic rings. The molecule has 0 heterocycles. The Morgan fingerprint density at radius 2 is 1.60 bits per heavy atom. The highest BCUT2D eigenvalue weighted by Crippen LogP contribution is 2.00. The number of allylic oxidation sites excluding steroid dienone is 4. The van der Waals surface area contributed by atoms with Crippen LogP contribution in [-0.2, 0) is 0 Å². The fourth-order valence-electron chi connectivity index (χ4n) is 1.27. The lowest BCUT2D eigenvalue weighted by atomic mass is 10.5. The van der Waals surface area contributed by atoms with E-state index in [1.54, 1.807) is 5.17 Å². The first-order valence-corrected chi connectivity index (χ1v) is 5.86. The molecule has 0 amide bonds. The Morgan fingerprint density at radius 1 is 1.10 bits per heavy atom. The minimum Gasteiger partial charge on any atom is -0.0648 e. The van der Waals surface area contributed by atoms with Crippen LogP contribution in [0.1, 0.15) is 13.8 Å².